The Balaban J connectivity index is 2.30. The van der Waals surface area contributed by atoms with Crippen LogP contribution in [0, 0.1) is 6.92 Å². The first kappa shape index (κ1) is 24.6. The largest absolute Gasteiger partial charge is 0.462 e. The topological polar surface area (TPSA) is 94.6 Å². The van der Waals surface area contributed by atoms with Gasteiger partial charge in [0, 0.05) is 42.8 Å². The maximum Gasteiger partial charge on any atom is 0.338 e. The molecule has 2 N–H and O–H groups in total. The number of carbonyl (C=O) groups is 1. The minimum absolute atomic E-state index is 0.0338. The smallest absolute Gasteiger partial charge is 0.338 e. The average Bonchev–Trinajstić information content (AvgIpc) is 3.04. The Hall–Kier alpha value is -3.01. The first-order valence-corrected chi connectivity index (χ1v) is 11.9. The lowest BCUT2D eigenvalue weighted by Gasteiger charge is -2.13. The molecule has 176 valence electrons. The maximum atomic E-state index is 14.4. The number of fused-ring (bicyclic) bond motifs is 1. The van der Waals surface area contributed by atoms with Crippen molar-refractivity contribution in [3.8, 4) is 11.1 Å². The van der Waals surface area contributed by atoms with Gasteiger partial charge in [0.15, 0.2) is 0 Å². The van der Waals surface area contributed by atoms with Crippen molar-refractivity contribution in [2.45, 2.75) is 25.3 Å². The number of aromatic nitrogens is 1. The van der Waals surface area contributed by atoms with E-state index in [0.29, 0.717) is 27.6 Å². The van der Waals surface area contributed by atoms with Crippen molar-refractivity contribution in [1.29, 1.82) is 0 Å². The van der Waals surface area contributed by atoms with Gasteiger partial charge in [-0.2, -0.15) is 0 Å². The number of hydrogen-bond donors (Lipinski definition) is 1. The number of esters is 1. The third-order valence-corrected chi connectivity index (χ3v) is 7.20. The Morgan fingerprint density at radius 2 is 1.94 bits per heavy atom. The summed E-state index contributed by atoms with van der Waals surface area (Å²) in [5.41, 5.74) is 8.61. The van der Waals surface area contributed by atoms with Gasteiger partial charge in [-0.1, -0.05) is 12.1 Å². The molecule has 0 aliphatic rings. The number of halogens is 1. The number of rotatable bonds is 8. The van der Waals surface area contributed by atoms with E-state index < -0.39 is 16.0 Å². The molecular weight excluding hydrogens is 445 g/mol. The van der Waals surface area contributed by atoms with Gasteiger partial charge in [-0.25, -0.2) is 21.9 Å². The molecule has 9 heteroatoms. The number of carbonyl (C=O) groups excluding carboxylic acids is 1. The highest BCUT2D eigenvalue weighted by Crippen LogP contribution is 2.37. The predicted molar refractivity (Wildman–Crippen MR) is 127 cm³/mol. The number of nitrogens with two attached hydrogens (primary N) is 1. The van der Waals surface area contributed by atoms with Gasteiger partial charge in [-0.15, -0.1) is 0 Å². The fourth-order valence-electron chi connectivity index (χ4n) is 3.76. The van der Waals surface area contributed by atoms with Crippen LogP contribution >= 0.6 is 0 Å². The predicted octanol–water partition coefficient (Wildman–Crippen LogP) is 3.86. The molecule has 2 aromatic carbocycles. The second-order valence-corrected chi connectivity index (χ2v) is 9.85. The Morgan fingerprint density at radius 3 is 2.58 bits per heavy atom. The lowest BCUT2D eigenvalue weighted by atomic mass is 10.0. The van der Waals surface area contributed by atoms with Crippen LogP contribution in [-0.4, -0.2) is 50.5 Å². The third-order valence-electron chi connectivity index (χ3n) is 5.38. The molecule has 0 spiro atoms. The van der Waals surface area contributed by atoms with Gasteiger partial charge in [-0.3, -0.25) is 0 Å². The van der Waals surface area contributed by atoms with E-state index in [1.54, 1.807) is 47.9 Å². The summed E-state index contributed by atoms with van der Waals surface area (Å²) in [6.45, 7) is 3.85. The Kier molecular flexibility index (Phi) is 7.36. The number of ether oxygens (including phenoxy) is 1. The molecule has 0 amide bonds. The first-order valence-electron chi connectivity index (χ1n) is 10.5. The third kappa shape index (κ3) is 4.85. The summed E-state index contributed by atoms with van der Waals surface area (Å²) in [7, 11) is -0.713. The molecule has 0 radical (unpaired) electrons. The molecule has 3 aromatic rings. The van der Waals surface area contributed by atoms with E-state index in [1.165, 1.54) is 26.2 Å². The van der Waals surface area contributed by atoms with E-state index in [2.05, 4.69) is 0 Å². The molecule has 1 aromatic heterocycles. The normalized spacial score (nSPS) is 12.5. The fourth-order valence-corrected chi connectivity index (χ4v) is 4.71. The van der Waals surface area contributed by atoms with Gasteiger partial charge in [-0.05, 0) is 55.8 Å². The molecule has 0 bridgehead atoms. The highest BCUT2D eigenvalue weighted by molar-refractivity contribution is 7.89. The summed E-state index contributed by atoms with van der Waals surface area (Å²) in [5, 5.41) is 0.693. The van der Waals surface area contributed by atoms with Crippen molar-refractivity contribution in [2.75, 3.05) is 27.2 Å². The zero-order valence-electron chi connectivity index (χ0n) is 19.1. The minimum Gasteiger partial charge on any atom is -0.462 e. The Bertz CT molecular complexity index is 1330. The molecule has 0 atom stereocenters. The monoisotopic (exact) mass is 473 g/mol. The summed E-state index contributed by atoms with van der Waals surface area (Å²) in [6, 6.07) is 11.7. The van der Waals surface area contributed by atoms with Gasteiger partial charge in [0.05, 0.1) is 23.6 Å². The highest BCUT2D eigenvalue weighted by Gasteiger charge is 2.22. The molecule has 1 heterocycles. The second-order valence-electron chi connectivity index (χ2n) is 7.70. The minimum atomic E-state index is -3.65. The quantitative estimate of drug-likeness (QED) is 0.502. The average molecular weight is 474 g/mol. The van der Waals surface area contributed by atoms with Crippen LogP contribution in [-0.2, 0) is 21.3 Å². The second kappa shape index (κ2) is 9.86. The van der Waals surface area contributed by atoms with Crippen molar-refractivity contribution in [3.05, 3.63) is 65.6 Å². The molecule has 3 rings (SSSR count). The maximum absolute atomic E-state index is 14.4. The molecule has 0 fully saturated rings. The van der Waals surface area contributed by atoms with Crippen LogP contribution in [0.25, 0.3) is 22.0 Å². The van der Waals surface area contributed by atoms with Crippen LogP contribution in [0.5, 0.6) is 0 Å². The van der Waals surface area contributed by atoms with E-state index in [0.717, 1.165) is 10.00 Å². The number of allylic oxidation sites excluding steroid dienone is 1. The Morgan fingerprint density at radius 1 is 1.21 bits per heavy atom. The molecule has 0 aliphatic carbocycles. The van der Waals surface area contributed by atoms with Crippen LogP contribution < -0.4 is 5.73 Å². The number of hydrogen-bond acceptors (Lipinski definition) is 5. The van der Waals surface area contributed by atoms with Gasteiger partial charge < -0.3 is 15.0 Å². The van der Waals surface area contributed by atoms with Crippen molar-refractivity contribution in [1.82, 2.24) is 8.87 Å². The van der Waals surface area contributed by atoms with Gasteiger partial charge in [0.2, 0.25) is 10.0 Å². The summed E-state index contributed by atoms with van der Waals surface area (Å²) in [6.07, 6.45) is 1.31. The van der Waals surface area contributed by atoms with Gasteiger partial charge >= 0.3 is 5.97 Å². The van der Waals surface area contributed by atoms with Crippen LogP contribution in [0.4, 0.5) is 4.39 Å². The number of benzene rings is 2. The first-order chi connectivity index (χ1) is 15.6. The van der Waals surface area contributed by atoms with Crippen LogP contribution in [0.2, 0.25) is 0 Å². The molecule has 0 saturated carbocycles. The van der Waals surface area contributed by atoms with E-state index in [4.69, 9.17) is 10.5 Å². The summed E-state index contributed by atoms with van der Waals surface area (Å²) in [5.74, 6) is -0.851. The summed E-state index contributed by atoms with van der Waals surface area (Å²) >= 11 is 0. The van der Waals surface area contributed by atoms with Gasteiger partial charge in [0.1, 0.15) is 5.83 Å². The van der Waals surface area contributed by atoms with E-state index in [1.807, 2.05) is 6.92 Å². The van der Waals surface area contributed by atoms with E-state index in [9.17, 15) is 17.6 Å². The molecule has 7 nitrogen and oxygen atoms in total. The molecule has 33 heavy (non-hydrogen) atoms. The molecule has 0 aliphatic heterocycles. The van der Waals surface area contributed by atoms with Crippen molar-refractivity contribution < 1.29 is 22.3 Å². The zero-order valence-corrected chi connectivity index (χ0v) is 19.9. The fraction of sp³-hybridized carbons (Fsp3) is 0.292. The molecular formula is C24H28FN3O4S. The van der Waals surface area contributed by atoms with Crippen LogP contribution in [0.3, 0.4) is 0 Å². The summed E-state index contributed by atoms with van der Waals surface area (Å²) in [4.78, 5) is 12.5. The highest BCUT2D eigenvalue weighted by atomic mass is 32.2. The zero-order chi connectivity index (χ0) is 24.3. The van der Waals surface area contributed by atoms with Crippen molar-refractivity contribution in [2.24, 2.45) is 5.73 Å². The van der Waals surface area contributed by atoms with Crippen LogP contribution in [0.1, 0.15) is 23.0 Å². The number of sulfonamides is 1. The Labute approximate surface area is 193 Å². The van der Waals surface area contributed by atoms with Crippen molar-refractivity contribution >= 4 is 26.9 Å². The SMILES string of the molecule is CCOC(=O)c1ccc2c(c1)c(-c1cccc(S(=O)(=O)N(C)C)c1)c(C)n2C/C(F)=C/CN. The van der Waals surface area contributed by atoms with E-state index in [-0.39, 0.29) is 30.4 Å². The number of nitrogens with zero attached hydrogens (tertiary/aromatic N) is 2. The molecule has 0 saturated heterocycles. The van der Waals surface area contributed by atoms with Crippen molar-refractivity contribution in [3.63, 3.8) is 0 Å². The van der Waals surface area contributed by atoms with Crippen LogP contribution in [0.15, 0.2) is 59.3 Å². The van der Waals surface area contributed by atoms with Gasteiger partial charge in [0.25, 0.3) is 0 Å². The lowest BCUT2D eigenvalue weighted by molar-refractivity contribution is 0.0526. The lowest BCUT2D eigenvalue weighted by Crippen LogP contribution is -2.22. The molecule has 0 unspecified atom stereocenters. The standard InChI is InChI=1S/C24H28FN3O4S/c1-5-32-24(29)18-9-10-22-21(14-18)23(16(2)28(22)15-19(25)11-12-26)17-7-6-8-20(13-17)33(30,31)27(3)4/h6-11,13-14H,5,12,15,26H2,1-4H3/b19-11-. The van der Waals surface area contributed by atoms with E-state index >= 15 is 0 Å². The summed E-state index contributed by atoms with van der Waals surface area (Å²) < 4.78 is 47.9.